The highest BCUT2D eigenvalue weighted by Gasteiger charge is 2.26. The van der Waals surface area contributed by atoms with Crippen molar-refractivity contribution < 1.29 is 9.59 Å². The lowest BCUT2D eigenvalue weighted by molar-refractivity contribution is -0.120. The van der Waals surface area contributed by atoms with Crippen LogP contribution in [0.5, 0.6) is 0 Å². The number of hydrogen-bond donors (Lipinski definition) is 2. The van der Waals surface area contributed by atoms with E-state index in [0.717, 1.165) is 22.3 Å². The number of nitrogens with one attached hydrogen (secondary N) is 2. The van der Waals surface area contributed by atoms with Crippen molar-refractivity contribution >= 4 is 17.5 Å². The molecule has 0 fully saturated rings. The molecule has 2 N–H and O–H groups in total. The van der Waals surface area contributed by atoms with E-state index in [-0.39, 0.29) is 11.8 Å². The van der Waals surface area contributed by atoms with Crippen molar-refractivity contribution in [3.8, 4) is 0 Å². The fourth-order valence-electron chi connectivity index (χ4n) is 2.86. The molecule has 0 aromatic heterocycles. The van der Waals surface area contributed by atoms with Crippen LogP contribution in [0.2, 0.25) is 0 Å². The summed E-state index contributed by atoms with van der Waals surface area (Å²) in [4.78, 5) is 23.6. The van der Waals surface area contributed by atoms with E-state index in [1.165, 1.54) is 13.8 Å². The molecule has 0 aliphatic carbocycles. The van der Waals surface area contributed by atoms with E-state index in [4.69, 9.17) is 0 Å². The van der Waals surface area contributed by atoms with E-state index in [9.17, 15) is 9.59 Å². The van der Waals surface area contributed by atoms with Gasteiger partial charge in [0.2, 0.25) is 11.8 Å². The van der Waals surface area contributed by atoms with Crippen LogP contribution < -0.4 is 10.6 Å². The maximum absolute atomic E-state index is 11.9. The molecule has 0 radical (unpaired) electrons. The molecule has 2 aromatic carbocycles. The van der Waals surface area contributed by atoms with Gasteiger partial charge in [-0.1, -0.05) is 59.7 Å². The van der Waals surface area contributed by atoms with Crippen LogP contribution in [0.15, 0.2) is 54.6 Å². The summed E-state index contributed by atoms with van der Waals surface area (Å²) in [5.41, 5.74) is 4.00. The molecule has 4 nitrogen and oxygen atoms in total. The Kier molecular flexibility index (Phi) is 5.98. The molecule has 136 valence electrons. The Morgan fingerprint density at radius 1 is 0.846 bits per heavy atom. The molecule has 2 amide bonds. The predicted octanol–water partition coefficient (Wildman–Crippen LogP) is 3.83. The quantitative estimate of drug-likeness (QED) is 0.861. The largest absolute Gasteiger partial charge is 0.344 e. The van der Waals surface area contributed by atoms with Crippen LogP contribution in [0.1, 0.15) is 43.0 Å². The van der Waals surface area contributed by atoms with E-state index in [2.05, 4.69) is 10.6 Å². The third-order valence-corrected chi connectivity index (χ3v) is 4.19. The van der Waals surface area contributed by atoms with Gasteiger partial charge in [-0.05, 0) is 38.0 Å². The first-order valence-electron chi connectivity index (χ1n) is 8.63. The second kappa shape index (κ2) is 8.00. The van der Waals surface area contributed by atoms with Crippen molar-refractivity contribution in [2.75, 3.05) is 0 Å². The van der Waals surface area contributed by atoms with Gasteiger partial charge >= 0.3 is 0 Å². The number of carbonyl (C=O) groups excluding carboxylic acids is 2. The minimum atomic E-state index is -0.762. The Bertz CT molecular complexity index is 820. The van der Waals surface area contributed by atoms with Gasteiger partial charge in [0, 0.05) is 19.5 Å². The first-order chi connectivity index (χ1) is 12.2. The molecule has 0 saturated heterocycles. The minimum absolute atomic E-state index is 0.143. The van der Waals surface area contributed by atoms with Crippen molar-refractivity contribution in [1.29, 1.82) is 0 Å². The number of carbonyl (C=O) groups is 2. The van der Waals surface area contributed by atoms with E-state index in [1.807, 2.05) is 75.4 Å². The summed E-state index contributed by atoms with van der Waals surface area (Å²) in [6.45, 7) is 8.92. The predicted molar refractivity (Wildman–Crippen MR) is 105 cm³/mol. The molecule has 1 atom stereocenters. The second-order valence-electron chi connectivity index (χ2n) is 6.85. The fraction of sp³-hybridized carbons (Fsp3) is 0.273. The average molecular weight is 350 g/mol. The molecule has 4 heteroatoms. The maximum atomic E-state index is 11.9. The highest BCUT2D eigenvalue weighted by atomic mass is 16.2. The number of aryl methyl sites for hydroxylation is 2. The number of benzene rings is 2. The van der Waals surface area contributed by atoms with Gasteiger partial charge in [0.15, 0.2) is 0 Å². The summed E-state index contributed by atoms with van der Waals surface area (Å²) in [5, 5.41) is 5.91. The van der Waals surface area contributed by atoms with E-state index in [1.54, 1.807) is 0 Å². The first-order valence-corrected chi connectivity index (χ1v) is 8.63. The normalized spacial score (nSPS) is 13.7. The summed E-state index contributed by atoms with van der Waals surface area (Å²) in [6.07, 6.45) is 1.89. The lowest BCUT2D eigenvalue weighted by Gasteiger charge is -2.29. The minimum Gasteiger partial charge on any atom is -0.344 e. The van der Waals surface area contributed by atoms with Gasteiger partial charge in [-0.15, -0.1) is 0 Å². The molecule has 26 heavy (non-hydrogen) atoms. The van der Waals surface area contributed by atoms with Gasteiger partial charge in [-0.25, -0.2) is 0 Å². The van der Waals surface area contributed by atoms with Crippen LogP contribution in [0.3, 0.4) is 0 Å². The molecule has 0 saturated carbocycles. The van der Waals surface area contributed by atoms with Crippen LogP contribution in [0, 0.1) is 13.8 Å². The molecule has 0 spiro atoms. The van der Waals surface area contributed by atoms with E-state index < -0.39 is 5.54 Å². The third-order valence-electron chi connectivity index (χ3n) is 4.19. The molecule has 0 bridgehead atoms. The van der Waals surface area contributed by atoms with Crippen LogP contribution in [0.4, 0.5) is 0 Å². The Balaban J connectivity index is 2.58. The Labute approximate surface area is 155 Å². The zero-order chi connectivity index (χ0) is 19.3. The molecule has 2 rings (SSSR count). The van der Waals surface area contributed by atoms with Crippen molar-refractivity contribution in [3.63, 3.8) is 0 Å². The number of hydrogen-bond acceptors (Lipinski definition) is 2. The Morgan fingerprint density at radius 2 is 1.35 bits per heavy atom. The van der Waals surface area contributed by atoms with Gasteiger partial charge in [-0.2, -0.15) is 0 Å². The monoisotopic (exact) mass is 350 g/mol. The smallest absolute Gasteiger partial charge is 0.221 e. The molecule has 2 aromatic rings. The lowest BCUT2D eigenvalue weighted by atomic mass is 9.89. The summed E-state index contributed by atoms with van der Waals surface area (Å²) in [6, 6.07) is 15.9. The van der Waals surface area contributed by atoms with Gasteiger partial charge in [-0.3, -0.25) is 9.59 Å². The molecular weight excluding hydrogens is 324 g/mol. The Morgan fingerprint density at radius 3 is 1.81 bits per heavy atom. The zero-order valence-electron chi connectivity index (χ0n) is 16.0. The zero-order valence-corrected chi connectivity index (χ0v) is 16.0. The standard InChI is InChI=1S/C22H26N2O2/c1-15-6-10-19(11-7-15)21(23-17(3)25)14-22(5,24-18(4)26)20-12-8-16(2)9-13-20/h6-14H,1-5H3,(H,23,25)(H,24,26)/b21-14-. The van der Waals surface area contributed by atoms with Crippen LogP contribution in [0.25, 0.3) is 5.70 Å². The second-order valence-corrected chi connectivity index (χ2v) is 6.85. The molecule has 1 unspecified atom stereocenters. The van der Waals surface area contributed by atoms with Crippen LogP contribution in [-0.4, -0.2) is 11.8 Å². The van der Waals surface area contributed by atoms with Gasteiger partial charge < -0.3 is 10.6 Å². The molecule has 0 aliphatic rings. The molecule has 0 aliphatic heterocycles. The first kappa shape index (κ1) is 19.4. The van der Waals surface area contributed by atoms with Crippen LogP contribution >= 0.6 is 0 Å². The summed E-state index contributed by atoms with van der Waals surface area (Å²) >= 11 is 0. The van der Waals surface area contributed by atoms with E-state index >= 15 is 0 Å². The third kappa shape index (κ3) is 5.06. The summed E-state index contributed by atoms with van der Waals surface area (Å²) in [5.74, 6) is -0.304. The molecular formula is C22H26N2O2. The SMILES string of the molecule is CC(=O)N/C(=C\C(C)(NC(C)=O)c1ccc(C)cc1)c1ccc(C)cc1. The molecule has 0 heterocycles. The number of rotatable bonds is 5. The van der Waals surface area contributed by atoms with Crippen molar-refractivity contribution in [2.45, 2.75) is 40.2 Å². The summed E-state index contributed by atoms with van der Waals surface area (Å²) in [7, 11) is 0. The van der Waals surface area contributed by atoms with Gasteiger partial charge in [0.1, 0.15) is 0 Å². The average Bonchev–Trinajstić information content (AvgIpc) is 2.54. The van der Waals surface area contributed by atoms with Crippen LogP contribution in [-0.2, 0) is 15.1 Å². The van der Waals surface area contributed by atoms with Crippen molar-refractivity contribution in [2.24, 2.45) is 0 Å². The highest BCUT2D eigenvalue weighted by Crippen LogP contribution is 2.27. The van der Waals surface area contributed by atoms with Gasteiger partial charge in [0.05, 0.1) is 5.54 Å². The fourth-order valence-corrected chi connectivity index (χ4v) is 2.86. The summed E-state index contributed by atoms with van der Waals surface area (Å²) < 4.78 is 0. The van der Waals surface area contributed by atoms with E-state index in [0.29, 0.717) is 5.70 Å². The highest BCUT2D eigenvalue weighted by molar-refractivity contribution is 5.86. The topological polar surface area (TPSA) is 58.2 Å². The number of amides is 2. The maximum Gasteiger partial charge on any atom is 0.221 e. The Hall–Kier alpha value is -2.88. The lowest BCUT2D eigenvalue weighted by Crippen LogP contribution is -2.41. The van der Waals surface area contributed by atoms with Crippen molar-refractivity contribution in [1.82, 2.24) is 10.6 Å². The van der Waals surface area contributed by atoms with Gasteiger partial charge in [0.25, 0.3) is 0 Å². The van der Waals surface area contributed by atoms with Crippen molar-refractivity contribution in [3.05, 3.63) is 76.9 Å².